The number of rotatable bonds is 4. The number of hydrogen-bond acceptors (Lipinski definition) is 4. The van der Waals surface area contributed by atoms with Crippen molar-refractivity contribution in [1.82, 2.24) is 15.2 Å². The number of thiazole rings is 1. The number of hydrogen-bond donors (Lipinski definition) is 1. The molecule has 1 aromatic rings. The topological polar surface area (TPSA) is 28.2 Å². The molecule has 2 unspecified atom stereocenters. The van der Waals surface area contributed by atoms with Gasteiger partial charge < -0.3 is 5.32 Å². The Kier molecular flexibility index (Phi) is 4.76. The highest BCUT2D eigenvalue weighted by Gasteiger charge is 2.28. The second kappa shape index (κ2) is 6.13. The summed E-state index contributed by atoms with van der Waals surface area (Å²) >= 11 is 1.88. The van der Waals surface area contributed by atoms with Crippen LogP contribution >= 0.6 is 11.3 Å². The molecule has 0 aliphatic carbocycles. The Morgan fingerprint density at radius 2 is 2.17 bits per heavy atom. The van der Waals surface area contributed by atoms with E-state index in [-0.39, 0.29) is 0 Å². The molecule has 0 spiro atoms. The van der Waals surface area contributed by atoms with E-state index in [9.17, 15) is 0 Å². The normalized spacial score (nSPS) is 23.5. The van der Waals surface area contributed by atoms with Gasteiger partial charge in [0.05, 0.1) is 6.04 Å². The molecule has 18 heavy (non-hydrogen) atoms. The molecule has 1 fully saturated rings. The third kappa shape index (κ3) is 2.92. The Bertz CT molecular complexity index is 375. The zero-order chi connectivity index (χ0) is 13.1. The summed E-state index contributed by atoms with van der Waals surface area (Å²) in [6.45, 7) is 8.00. The Balaban J connectivity index is 2.15. The second-order valence-corrected chi connectivity index (χ2v) is 6.55. The summed E-state index contributed by atoms with van der Waals surface area (Å²) in [7, 11) is 2.01. The van der Waals surface area contributed by atoms with Gasteiger partial charge in [-0.2, -0.15) is 0 Å². The van der Waals surface area contributed by atoms with Crippen LogP contribution in [0.25, 0.3) is 0 Å². The first-order valence-corrected chi connectivity index (χ1v) is 7.83. The average molecular weight is 267 g/mol. The fraction of sp³-hybridized carbons (Fsp3) is 0.786. The number of likely N-dealkylation sites (tertiary alicyclic amines) is 1. The number of piperidine rings is 1. The molecule has 0 radical (unpaired) electrons. The van der Waals surface area contributed by atoms with Crippen molar-refractivity contribution in [2.24, 2.45) is 0 Å². The van der Waals surface area contributed by atoms with Gasteiger partial charge in [0.1, 0.15) is 5.01 Å². The molecule has 1 aliphatic rings. The Hall–Kier alpha value is -0.450. The van der Waals surface area contributed by atoms with Crippen molar-refractivity contribution in [3.8, 4) is 0 Å². The fourth-order valence-corrected chi connectivity index (χ4v) is 3.77. The maximum Gasteiger partial charge on any atom is 0.110 e. The zero-order valence-electron chi connectivity index (χ0n) is 11.9. The van der Waals surface area contributed by atoms with Crippen LogP contribution in [0.3, 0.4) is 0 Å². The van der Waals surface area contributed by atoms with E-state index in [2.05, 4.69) is 36.0 Å². The molecule has 2 atom stereocenters. The Morgan fingerprint density at radius 1 is 1.39 bits per heavy atom. The smallest absolute Gasteiger partial charge is 0.110 e. The van der Waals surface area contributed by atoms with Crippen molar-refractivity contribution in [2.75, 3.05) is 13.6 Å². The lowest BCUT2D eigenvalue weighted by Crippen LogP contribution is -2.38. The molecule has 1 N–H and O–H groups in total. The predicted octanol–water partition coefficient (Wildman–Crippen LogP) is 3.36. The first-order chi connectivity index (χ1) is 8.63. The molecule has 4 heteroatoms. The van der Waals surface area contributed by atoms with Crippen molar-refractivity contribution < 1.29 is 0 Å². The van der Waals surface area contributed by atoms with Crippen molar-refractivity contribution >= 4 is 11.3 Å². The summed E-state index contributed by atoms with van der Waals surface area (Å²) in [5, 5.41) is 4.59. The van der Waals surface area contributed by atoms with E-state index in [4.69, 9.17) is 0 Å². The largest absolute Gasteiger partial charge is 0.312 e. The minimum absolute atomic E-state index is 0.410. The van der Waals surface area contributed by atoms with Crippen molar-refractivity contribution in [1.29, 1.82) is 0 Å². The number of nitrogens with one attached hydrogen (secondary N) is 1. The van der Waals surface area contributed by atoms with Gasteiger partial charge in [0.25, 0.3) is 0 Å². The van der Waals surface area contributed by atoms with Crippen molar-refractivity contribution in [2.45, 2.75) is 58.2 Å². The third-order valence-corrected chi connectivity index (χ3v) is 5.18. The van der Waals surface area contributed by atoms with E-state index in [0.717, 1.165) is 0 Å². The van der Waals surface area contributed by atoms with Crippen LogP contribution in [0.4, 0.5) is 0 Å². The lowest BCUT2D eigenvalue weighted by Gasteiger charge is -2.37. The van der Waals surface area contributed by atoms with E-state index in [1.165, 1.54) is 35.7 Å². The Morgan fingerprint density at radius 3 is 2.83 bits per heavy atom. The van der Waals surface area contributed by atoms with Crippen LogP contribution in [0.1, 0.15) is 62.0 Å². The van der Waals surface area contributed by atoms with Gasteiger partial charge in [-0.15, -0.1) is 11.3 Å². The van der Waals surface area contributed by atoms with E-state index in [1.807, 2.05) is 24.6 Å². The first-order valence-electron chi connectivity index (χ1n) is 7.02. The lowest BCUT2D eigenvalue weighted by molar-refractivity contribution is 0.112. The summed E-state index contributed by atoms with van der Waals surface area (Å²) in [6.07, 6.45) is 5.98. The molecule has 2 rings (SSSR count). The van der Waals surface area contributed by atoms with Gasteiger partial charge in [-0.25, -0.2) is 4.98 Å². The second-order valence-electron chi connectivity index (χ2n) is 5.45. The molecule has 0 aromatic carbocycles. The summed E-state index contributed by atoms with van der Waals surface area (Å²) in [5.74, 6) is 0. The number of aromatic nitrogens is 1. The van der Waals surface area contributed by atoms with Gasteiger partial charge in [-0.3, -0.25) is 4.90 Å². The van der Waals surface area contributed by atoms with E-state index in [0.29, 0.717) is 18.1 Å². The predicted molar refractivity (Wildman–Crippen MR) is 78.0 cm³/mol. The van der Waals surface area contributed by atoms with Gasteiger partial charge in [0.15, 0.2) is 0 Å². The average Bonchev–Trinajstić information content (AvgIpc) is 2.87. The van der Waals surface area contributed by atoms with Crippen LogP contribution in [0.5, 0.6) is 0 Å². The standard InChI is InChI=1S/C14H25N3S/c1-10(2)17-8-6-5-7-12(17)14-16-9-13(18-14)11(3)15-4/h9-12,15H,5-8H2,1-4H3. The maximum atomic E-state index is 4.68. The molecule has 3 nitrogen and oxygen atoms in total. The van der Waals surface area contributed by atoms with Crippen LogP contribution in [0.2, 0.25) is 0 Å². The summed E-state index contributed by atoms with van der Waals surface area (Å²) < 4.78 is 0. The van der Waals surface area contributed by atoms with Gasteiger partial charge in [0, 0.05) is 23.2 Å². The SMILES string of the molecule is CNC(C)c1cnc(C2CCCCN2C(C)C)s1. The van der Waals surface area contributed by atoms with Gasteiger partial charge in [-0.05, 0) is 47.2 Å². The van der Waals surface area contributed by atoms with Crippen LogP contribution in [-0.2, 0) is 0 Å². The molecular weight excluding hydrogens is 242 g/mol. The summed E-state index contributed by atoms with van der Waals surface area (Å²) in [5.41, 5.74) is 0. The number of nitrogens with zero attached hydrogens (tertiary/aromatic N) is 2. The van der Waals surface area contributed by atoms with Crippen molar-refractivity contribution in [3.63, 3.8) is 0 Å². The van der Waals surface area contributed by atoms with Gasteiger partial charge in [-0.1, -0.05) is 6.42 Å². The van der Waals surface area contributed by atoms with E-state index in [1.54, 1.807) is 0 Å². The minimum Gasteiger partial charge on any atom is -0.312 e. The van der Waals surface area contributed by atoms with Crippen LogP contribution < -0.4 is 5.32 Å². The molecule has 2 heterocycles. The van der Waals surface area contributed by atoms with Gasteiger partial charge in [0.2, 0.25) is 0 Å². The molecule has 1 aliphatic heterocycles. The molecule has 102 valence electrons. The summed E-state index contributed by atoms with van der Waals surface area (Å²) in [6, 6.07) is 1.57. The van der Waals surface area contributed by atoms with E-state index >= 15 is 0 Å². The monoisotopic (exact) mass is 267 g/mol. The highest BCUT2D eigenvalue weighted by atomic mass is 32.1. The molecule has 0 bridgehead atoms. The summed E-state index contributed by atoms with van der Waals surface area (Å²) in [4.78, 5) is 8.63. The van der Waals surface area contributed by atoms with Gasteiger partial charge >= 0.3 is 0 Å². The molecule has 1 aromatic heterocycles. The minimum atomic E-state index is 0.410. The highest BCUT2D eigenvalue weighted by molar-refractivity contribution is 7.11. The van der Waals surface area contributed by atoms with Crippen LogP contribution in [0.15, 0.2) is 6.20 Å². The lowest BCUT2D eigenvalue weighted by atomic mass is 10.0. The Labute approximate surface area is 115 Å². The van der Waals surface area contributed by atoms with Crippen molar-refractivity contribution in [3.05, 3.63) is 16.1 Å². The van der Waals surface area contributed by atoms with Crippen LogP contribution in [-0.4, -0.2) is 29.5 Å². The zero-order valence-corrected chi connectivity index (χ0v) is 12.8. The van der Waals surface area contributed by atoms with E-state index < -0.39 is 0 Å². The molecule has 1 saturated heterocycles. The first kappa shape index (κ1) is 14.0. The third-order valence-electron chi connectivity index (χ3n) is 3.89. The molecular formula is C14H25N3S. The fourth-order valence-electron chi connectivity index (χ4n) is 2.63. The van der Waals surface area contributed by atoms with Crippen LogP contribution in [0, 0.1) is 0 Å². The molecule has 0 amide bonds. The molecule has 0 saturated carbocycles. The maximum absolute atomic E-state index is 4.68. The highest BCUT2D eigenvalue weighted by Crippen LogP contribution is 2.35. The quantitative estimate of drug-likeness (QED) is 0.906.